The Hall–Kier alpha value is -2.23. The molecule has 1 aromatic heterocycles. The first-order valence-electron chi connectivity index (χ1n) is 6.02. The van der Waals surface area contributed by atoms with Gasteiger partial charge in [0.25, 0.3) is 10.1 Å². The van der Waals surface area contributed by atoms with E-state index in [-0.39, 0.29) is 0 Å². The highest BCUT2D eigenvalue weighted by molar-refractivity contribution is 7.87. The third-order valence-electron chi connectivity index (χ3n) is 2.68. The highest BCUT2D eigenvalue weighted by Gasteiger charge is 2.21. The number of fused-ring (bicyclic) bond motifs is 1. The number of carbonyl (C=O) groups is 1. The number of carbonyl (C=O) groups excluding carboxylic acids is 1. The molecule has 0 atom stereocenters. The molecular formula is C13H13N3O4S2. The maximum Gasteiger partial charge on any atom is 0.295 e. The highest BCUT2D eigenvalue weighted by atomic mass is 32.2. The lowest BCUT2D eigenvalue weighted by molar-refractivity contribution is 0.102. The van der Waals surface area contributed by atoms with Crippen LogP contribution in [0.1, 0.15) is 15.2 Å². The van der Waals surface area contributed by atoms with Gasteiger partial charge in [-0.3, -0.25) is 10.2 Å². The smallest absolute Gasteiger partial charge is 0.295 e. The van der Waals surface area contributed by atoms with Crippen LogP contribution in [-0.2, 0) is 14.4 Å². The number of Topliss-reactive ketones (excluding diaryl/α,β-unsaturated/α-hetero) is 1. The Labute approximate surface area is 131 Å². The molecule has 0 unspecified atom stereocenters. The summed E-state index contributed by atoms with van der Waals surface area (Å²) in [6.07, 6.45) is 1.67. The number of hydrogen-bond donors (Lipinski definition) is 3. The quantitative estimate of drug-likeness (QED) is 0.317. The molecule has 0 aliphatic heterocycles. The van der Waals surface area contributed by atoms with Crippen molar-refractivity contribution >= 4 is 49.4 Å². The number of rotatable bonds is 6. The van der Waals surface area contributed by atoms with Gasteiger partial charge in [0.2, 0.25) is 5.96 Å². The second-order valence-electron chi connectivity index (χ2n) is 4.30. The number of ketones is 1. The van der Waals surface area contributed by atoms with Gasteiger partial charge in [0.05, 0.1) is 4.88 Å². The van der Waals surface area contributed by atoms with E-state index in [2.05, 4.69) is 10.9 Å². The summed E-state index contributed by atoms with van der Waals surface area (Å²) >= 11 is 1.20. The van der Waals surface area contributed by atoms with Gasteiger partial charge < -0.3 is 5.73 Å². The maximum absolute atomic E-state index is 12.1. The van der Waals surface area contributed by atoms with Crippen molar-refractivity contribution in [3.8, 4) is 0 Å². The fraction of sp³-hybridized carbons (Fsp3) is 0.0769. The molecule has 0 amide bonds. The standard InChI is InChI=1S/C13H13N3O4S2/c1-2-8-4-3-5-11-9(8)6-12(21-11)10(17)7-22(18,19)20-16-13(14)15/h2-6H,1,7H2,(H4,14,15,16). The van der Waals surface area contributed by atoms with E-state index in [0.29, 0.717) is 4.88 Å². The Kier molecular flexibility index (Phi) is 4.59. The van der Waals surface area contributed by atoms with Gasteiger partial charge >= 0.3 is 0 Å². The minimum Gasteiger partial charge on any atom is -0.368 e. The molecule has 0 saturated heterocycles. The van der Waals surface area contributed by atoms with Crippen molar-refractivity contribution in [2.45, 2.75) is 0 Å². The molecule has 7 nitrogen and oxygen atoms in total. The van der Waals surface area contributed by atoms with Crippen LogP contribution in [0.15, 0.2) is 30.8 Å². The average molecular weight is 339 g/mol. The van der Waals surface area contributed by atoms with E-state index in [1.54, 1.807) is 17.6 Å². The Bertz CT molecular complexity index is 855. The third kappa shape index (κ3) is 3.70. The van der Waals surface area contributed by atoms with Gasteiger partial charge in [0, 0.05) is 10.1 Å². The largest absolute Gasteiger partial charge is 0.368 e. The topological polar surface area (TPSA) is 122 Å². The number of hydrogen-bond acceptors (Lipinski definition) is 6. The Morgan fingerprint density at radius 2 is 2.23 bits per heavy atom. The molecule has 116 valence electrons. The molecule has 4 N–H and O–H groups in total. The number of benzene rings is 1. The molecule has 9 heteroatoms. The second-order valence-corrected chi connectivity index (χ2v) is 6.95. The van der Waals surface area contributed by atoms with Gasteiger partial charge in [-0.05, 0) is 17.7 Å². The normalized spacial score (nSPS) is 11.3. The molecule has 0 bridgehead atoms. The van der Waals surface area contributed by atoms with Gasteiger partial charge in [0.1, 0.15) is 5.75 Å². The van der Waals surface area contributed by atoms with Crippen LogP contribution in [0.25, 0.3) is 16.2 Å². The number of guanidine groups is 1. The third-order valence-corrected chi connectivity index (χ3v) is 4.77. The summed E-state index contributed by atoms with van der Waals surface area (Å²) in [5, 5.41) is 7.66. The van der Waals surface area contributed by atoms with Crippen molar-refractivity contribution in [3.05, 3.63) is 41.3 Å². The lowest BCUT2D eigenvalue weighted by Gasteiger charge is -2.03. The molecule has 1 aromatic carbocycles. The molecule has 0 aliphatic rings. The van der Waals surface area contributed by atoms with Gasteiger partial charge in [-0.2, -0.15) is 8.42 Å². The molecule has 22 heavy (non-hydrogen) atoms. The van der Waals surface area contributed by atoms with Crippen molar-refractivity contribution in [1.82, 2.24) is 5.48 Å². The van der Waals surface area contributed by atoms with Crippen LogP contribution in [0, 0.1) is 5.41 Å². The highest BCUT2D eigenvalue weighted by Crippen LogP contribution is 2.29. The lowest BCUT2D eigenvalue weighted by Crippen LogP contribution is -2.34. The molecule has 1 heterocycles. The minimum atomic E-state index is -4.17. The van der Waals surface area contributed by atoms with E-state index in [1.807, 2.05) is 18.2 Å². The zero-order chi connectivity index (χ0) is 16.3. The fourth-order valence-electron chi connectivity index (χ4n) is 1.77. The summed E-state index contributed by atoms with van der Waals surface area (Å²) in [5.41, 5.74) is 7.48. The number of hydroxylamine groups is 1. The van der Waals surface area contributed by atoms with E-state index < -0.39 is 27.6 Å². The van der Waals surface area contributed by atoms with Crippen LogP contribution in [0.3, 0.4) is 0 Å². The number of thiophene rings is 1. The van der Waals surface area contributed by atoms with Crippen molar-refractivity contribution in [3.63, 3.8) is 0 Å². The molecule has 2 aromatic rings. The molecule has 0 radical (unpaired) electrons. The number of nitrogens with one attached hydrogen (secondary N) is 2. The lowest BCUT2D eigenvalue weighted by atomic mass is 10.1. The first-order valence-corrected chi connectivity index (χ1v) is 8.41. The van der Waals surface area contributed by atoms with Crippen LogP contribution in [0.4, 0.5) is 0 Å². The Morgan fingerprint density at radius 3 is 2.86 bits per heavy atom. The molecule has 0 spiro atoms. The fourth-order valence-corrected chi connectivity index (χ4v) is 3.65. The van der Waals surface area contributed by atoms with E-state index >= 15 is 0 Å². The minimum absolute atomic E-state index is 0.305. The zero-order valence-corrected chi connectivity index (χ0v) is 13.0. The average Bonchev–Trinajstić information content (AvgIpc) is 2.89. The first kappa shape index (κ1) is 16.1. The SMILES string of the molecule is C=Cc1cccc2sc(C(=O)CS(=O)(=O)ONC(=N)N)cc12. The molecule has 2 rings (SSSR count). The monoisotopic (exact) mass is 339 g/mol. The summed E-state index contributed by atoms with van der Waals surface area (Å²) < 4.78 is 28.3. The predicted molar refractivity (Wildman–Crippen MR) is 86.2 cm³/mol. The van der Waals surface area contributed by atoms with E-state index in [1.165, 1.54) is 11.3 Å². The van der Waals surface area contributed by atoms with Gasteiger partial charge in [-0.15, -0.1) is 15.6 Å². The summed E-state index contributed by atoms with van der Waals surface area (Å²) in [4.78, 5) is 12.4. The van der Waals surface area contributed by atoms with Crippen LogP contribution in [-0.4, -0.2) is 25.9 Å². The molecule has 0 saturated carbocycles. The summed E-state index contributed by atoms with van der Waals surface area (Å²) in [6.45, 7) is 3.70. The van der Waals surface area contributed by atoms with Crippen molar-refractivity contribution in [2.24, 2.45) is 5.73 Å². The molecule has 0 aliphatic carbocycles. The van der Waals surface area contributed by atoms with Gasteiger partial charge in [-0.1, -0.05) is 24.8 Å². The van der Waals surface area contributed by atoms with Crippen molar-refractivity contribution < 1.29 is 17.5 Å². The summed E-state index contributed by atoms with van der Waals surface area (Å²) in [5.74, 6) is -2.11. The van der Waals surface area contributed by atoms with Crippen molar-refractivity contribution in [1.29, 1.82) is 5.41 Å². The maximum atomic E-state index is 12.1. The van der Waals surface area contributed by atoms with Crippen LogP contribution in [0.5, 0.6) is 0 Å². The van der Waals surface area contributed by atoms with Crippen LogP contribution in [0.2, 0.25) is 0 Å². The van der Waals surface area contributed by atoms with E-state index in [9.17, 15) is 13.2 Å². The number of nitrogens with two attached hydrogens (primary N) is 1. The van der Waals surface area contributed by atoms with Crippen LogP contribution < -0.4 is 11.2 Å². The first-order chi connectivity index (χ1) is 10.3. The molecular weight excluding hydrogens is 326 g/mol. The summed E-state index contributed by atoms with van der Waals surface area (Å²) in [6, 6.07) is 7.16. The summed E-state index contributed by atoms with van der Waals surface area (Å²) in [7, 11) is -4.17. The van der Waals surface area contributed by atoms with Gasteiger partial charge in [-0.25, -0.2) is 5.48 Å². The Morgan fingerprint density at radius 1 is 1.50 bits per heavy atom. The molecule has 0 fully saturated rings. The second kappa shape index (κ2) is 6.26. The predicted octanol–water partition coefficient (Wildman–Crippen LogP) is 1.47. The Balaban J connectivity index is 2.23. The van der Waals surface area contributed by atoms with Crippen molar-refractivity contribution in [2.75, 3.05) is 5.75 Å². The van der Waals surface area contributed by atoms with Gasteiger partial charge in [0.15, 0.2) is 5.78 Å². The van der Waals surface area contributed by atoms with Crippen LogP contribution >= 0.6 is 11.3 Å². The van der Waals surface area contributed by atoms with E-state index in [4.69, 9.17) is 11.1 Å². The van der Waals surface area contributed by atoms with E-state index in [0.717, 1.165) is 15.6 Å². The zero-order valence-electron chi connectivity index (χ0n) is 11.3.